The predicted octanol–water partition coefficient (Wildman–Crippen LogP) is 8.50. The minimum absolute atomic E-state index is 0.0550. The summed E-state index contributed by atoms with van der Waals surface area (Å²) in [5.41, 5.74) is -0.149. The van der Waals surface area contributed by atoms with Crippen molar-refractivity contribution in [2.75, 3.05) is 0 Å². The molecule has 4 fully saturated rings. The summed E-state index contributed by atoms with van der Waals surface area (Å²) in [6.07, 6.45) is 25.8. The molecule has 5 rings (SSSR count). The molecule has 0 atom stereocenters. The van der Waals surface area contributed by atoms with Crippen molar-refractivity contribution in [3.05, 3.63) is 35.4 Å². The van der Waals surface area contributed by atoms with Gasteiger partial charge in [-0.3, -0.25) is 5.41 Å². The standard InChI is InChI=1S/C19H26F2N2.C12H23N/c20-16-12-7-13-17(21)18(16)19(22)23(14-8-3-1-4-9-14)15-10-5-2-6-11-15;1-3-7-11(8-4-1)13-12-9-5-2-6-10-12/h7,12-15,22H,1-6,8-11H2;11-13H,1-10H2. The third-order valence-electron chi connectivity index (χ3n) is 9.08. The van der Waals surface area contributed by atoms with Crippen molar-refractivity contribution in [3.8, 4) is 0 Å². The lowest BCUT2D eigenvalue weighted by Gasteiger charge is -2.43. The molecular formula is C31H49F2N3. The monoisotopic (exact) mass is 501 g/mol. The van der Waals surface area contributed by atoms with Gasteiger partial charge in [-0.25, -0.2) is 8.78 Å². The lowest BCUT2D eigenvalue weighted by atomic mass is 9.88. The Bertz CT molecular complexity index is 735. The third-order valence-corrected chi connectivity index (χ3v) is 9.08. The van der Waals surface area contributed by atoms with Gasteiger partial charge in [-0.2, -0.15) is 0 Å². The fourth-order valence-corrected chi connectivity index (χ4v) is 7.11. The van der Waals surface area contributed by atoms with Crippen molar-refractivity contribution in [3.63, 3.8) is 0 Å². The van der Waals surface area contributed by atoms with Crippen LogP contribution in [0, 0.1) is 17.0 Å². The molecule has 0 amide bonds. The SMILES string of the molecule is C1CCC(NC2CCCCC2)CC1.N=C(c1c(F)cccc1F)N(C1CCCCC1)C1CCCCC1. The summed E-state index contributed by atoms with van der Waals surface area (Å²) in [5.74, 6) is -1.18. The van der Waals surface area contributed by atoms with Crippen LogP contribution < -0.4 is 5.32 Å². The maximum atomic E-state index is 14.2. The fraction of sp³-hybridized carbons (Fsp3) is 0.774. The lowest BCUT2D eigenvalue weighted by molar-refractivity contribution is 0.156. The molecule has 0 radical (unpaired) electrons. The van der Waals surface area contributed by atoms with E-state index in [9.17, 15) is 8.78 Å². The van der Waals surface area contributed by atoms with Gasteiger partial charge in [0.15, 0.2) is 0 Å². The molecule has 4 aliphatic carbocycles. The van der Waals surface area contributed by atoms with Crippen LogP contribution in [0.2, 0.25) is 0 Å². The average Bonchev–Trinajstić information content (AvgIpc) is 2.92. The number of benzene rings is 1. The zero-order valence-corrected chi connectivity index (χ0v) is 22.4. The van der Waals surface area contributed by atoms with Gasteiger partial charge in [0.1, 0.15) is 17.5 Å². The molecule has 0 aliphatic heterocycles. The zero-order chi connectivity index (χ0) is 25.2. The first kappa shape index (κ1) is 27.5. The Hall–Kier alpha value is -1.49. The smallest absolute Gasteiger partial charge is 0.137 e. The minimum Gasteiger partial charge on any atom is -0.350 e. The zero-order valence-electron chi connectivity index (χ0n) is 22.4. The van der Waals surface area contributed by atoms with E-state index in [2.05, 4.69) is 10.2 Å². The molecule has 5 heteroatoms. The van der Waals surface area contributed by atoms with Gasteiger partial charge in [0, 0.05) is 24.2 Å². The largest absolute Gasteiger partial charge is 0.350 e. The molecule has 202 valence electrons. The Morgan fingerprint density at radius 1 is 0.611 bits per heavy atom. The minimum atomic E-state index is -0.619. The molecule has 0 saturated heterocycles. The Labute approximate surface area is 218 Å². The van der Waals surface area contributed by atoms with E-state index in [0.29, 0.717) is 0 Å². The molecule has 3 nitrogen and oxygen atoms in total. The van der Waals surface area contributed by atoms with Crippen LogP contribution >= 0.6 is 0 Å². The van der Waals surface area contributed by atoms with Crippen LogP contribution in [0.3, 0.4) is 0 Å². The van der Waals surface area contributed by atoms with Gasteiger partial charge in [0.05, 0.1) is 5.56 Å². The molecule has 2 N–H and O–H groups in total. The second kappa shape index (κ2) is 14.4. The van der Waals surface area contributed by atoms with Crippen molar-refractivity contribution in [2.45, 2.75) is 153 Å². The van der Waals surface area contributed by atoms with Gasteiger partial charge < -0.3 is 10.2 Å². The lowest BCUT2D eigenvalue weighted by Crippen LogP contribution is -2.49. The van der Waals surface area contributed by atoms with Crippen LogP contribution in [0.1, 0.15) is 134 Å². The molecule has 36 heavy (non-hydrogen) atoms. The highest BCUT2D eigenvalue weighted by molar-refractivity contribution is 5.97. The molecule has 0 aromatic heterocycles. The van der Waals surface area contributed by atoms with E-state index in [1.165, 1.54) is 95.2 Å². The van der Waals surface area contributed by atoms with Crippen LogP contribution in [0.15, 0.2) is 18.2 Å². The second-order valence-corrected chi connectivity index (χ2v) is 11.8. The number of nitrogens with one attached hydrogen (secondary N) is 2. The summed E-state index contributed by atoms with van der Waals surface area (Å²) in [7, 11) is 0. The second-order valence-electron chi connectivity index (χ2n) is 11.8. The molecule has 1 aromatic carbocycles. The molecule has 1 aromatic rings. The van der Waals surface area contributed by atoms with Crippen LogP contribution in [-0.2, 0) is 0 Å². The van der Waals surface area contributed by atoms with Crippen molar-refractivity contribution < 1.29 is 8.78 Å². The Kier molecular flexibility index (Phi) is 11.1. The Morgan fingerprint density at radius 2 is 0.972 bits per heavy atom. The number of hydrogen-bond donors (Lipinski definition) is 2. The van der Waals surface area contributed by atoms with Crippen LogP contribution in [-0.4, -0.2) is 34.9 Å². The van der Waals surface area contributed by atoms with Crippen LogP contribution in [0.25, 0.3) is 0 Å². The average molecular weight is 502 g/mol. The van der Waals surface area contributed by atoms with E-state index >= 15 is 0 Å². The molecule has 0 heterocycles. The normalized spacial score (nSPS) is 23.1. The number of amidine groups is 1. The highest BCUT2D eigenvalue weighted by Crippen LogP contribution is 2.32. The van der Waals surface area contributed by atoms with E-state index in [0.717, 1.165) is 63.5 Å². The molecular weight excluding hydrogens is 452 g/mol. The number of halogens is 2. The first-order valence-corrected chi connectivity index (χ1v) is 15.2. The van der Waals surface area contributed by atoms with Gasteiger partial charge in [-0.15, -0.1) is 0 Å². The highest BCUT2D eigenvalue weighted by atomic mass is 19.1. The van der Waals surface area contributed by atoms with Crippen molar-refractivity contribution in [1.82, 2.24) is 10.2 Å². The van der Waals surface area contributed by atoms with E-state index in [1.807, 2.05) is 0 Å². The fourth-order valence-electron chi connectivity index (χ4n) is 7.11. The van der Waals surface area contributed by atoms with Gasteiger partial charge in [-0.05, 0) is 63.5 Å². The first-order valence-electron chi connectivity index (χ1n) is 15.2. The van der Waals surface area contributed by atoms with E-state index < -0.39 is 11.6 Å². The van der Waals surface area contributed by atoms with Gasteiger partial charge in [-0.1, -0.05) is 83.1 Å². The third kappa shape index (κ3) is 7.76. The van der Waals surface area contributed by atoms with Crippen molar-refractivity contribution in [2.24, 2.45) is 0 Å². The topological polar surface area (TPSA) is 39.1 Å². The van der Waals surface area contributed by atoms with Crippen molar-refractivity contribution >= 4 is 5.84 Å². The summed E-state index contributed by atoms with van der Waals surface area (Å²) < 4.78 is 28.4. The maximum absolute atomic E-state index is 14.2. The quantitative estimate of drug-likeness (QED) is 0.313. The summed E-state index contributed by atoms with van der Waals surface area (Å²) >= 11 is 0. The number of rotatable bonds is 5. The number of hydrogen-bond acceptors (Lipinski definition) is 2. The molecule has 0 bridgehead atoms. The van der Waals surface area contributed by atoms with Crippen LogP contribution in [0.5, 0.6) is 0 Å². The first-order chi connectivity index (χ1) is 17.6. The molecule has 0 unspecified atom stereocenters. The van der Waals surface area contributed by atoms with E-state index in [4.69, 9.17) is 5.41 Å². The molecule has 4 aliphatic rings. The summed E-state index contributed by atoms with van der Waals surface area (Å²) in [6.45, 7) is 0. The summed E-state index contributed by atoms with van der Waals surface area (Å²) in [5, 5.41) is 12.4. The highest BCUT2D eigenvalue weighted by Gasteiger charge is 2.33. The van der Waals surface area contributed by atoms with E-state index in [-0.39, 0.29) is 23.5 Å². The van der Waals surface area contributed by atoms with Gasteiger partial charge in [0.2, 0.25) is 0 Å². The molecule has 0 spiro atoms. The predicted molar refractivity (Wildman–Crippen MR) is 146 cm³/mol. The summed E-state index contributed by atoms with van der Waals surface area (Å²) in [6, 6.07) is 6.15. The Balaban J connectivity index is 0.000000197. The van der Waals surface area contributed by atoms with Gasteiger partial charge >= 0.3 is 0 Å². The number of nitrogens with zero attached hydrogens (tertiary/aromatic N) is 1. The van der Waals surface area contributed by atoms with E-state index in [1.54, 1.807) is 0 Å². The van der Waals surface area contributed by atoms with Crippen LogP contribution in [0.4, 0.5) is 8.78 Å². The van der Waals surface area contributed by atoms with Gasteiger partial charge in [0.25, 0.3) is 0 Å². The summed E-state index contributed by atoms with van der Waals surface area (Å²) in [4.78, 5) is 2.07. The molecule has 4 saturated carbocycles. The Morgan fingerprint density at radius 3 is 1.36 bits per heavy atom. The van der Waals surface area contributed by atoms with Crippen molar-refractivity contribution in [1.29, 1.82) is 5.41 Å². The maximum Gasteiger partial charge on any atom is 0.137 e.